The standard InChI is InChI=1S/C22H17Cl5F2N2O2/c1-20(10-4-11(23)6-12(24)5-10)17(22(20,26)27)19(33)30-13-2-3-16(25)15(7-13)18(32)31-14-8-21(28,29)9-14/h2-7,14,17H,8-9H2,1H3,(H,30,33)(H,31,32)/t17-,20+/m1/s1. The maximum Gasteiger partial charge on any atom is 0.253 e. The van der Waals surface area contributed by atoms with E-state index in [1.165, 1.54) is 18.2 Å². The fraction of sp³-hybridized carbons (Fsp3) is 0.364. The summed E-state index contributed by atoms with van der Waals surface area (Å²) in [5.74, 6) is -4.69. The molecule has 4 nitrogen and oxygen atoms in total. The molecule has 2 fully saturated rings. The first-order chi connectivity index (χ1) is 15.2. The number of amides is 2. The van der Waals surface area contributed by atoms with E-state index in [1.807, 2.05) is 0 Å². The lowest BCUT2D eigenvalue weighted by molar-refractivity contribution is -0.117. The van der Waals surface area contributed by atoms with E-state index in [0.717, 1.165) is 0 Å². The number of carbonyl (C=O) groups is 2. The first-order valence-corrected chi connectivity index (χ1v) is 11.8. The maximum absolute atomic E-state index is 13.1. The minimum absolute atomic E-state index is 0.0490. The Hall–Kier alpha value is -1.31. The van der Waals surface area contributed by atoms with Gasteiger partial charge >= 0.3 is 0 Å². The molecule has 2 saturated carbocycles. The van der Waals surface area contributed by atoms with Gasteiger partial charge < -0.3 is 10.6 Å². The molecule has 0 spiro atoms. The number of halogens is 7. The normalized spacial score (nSPS) is 25.2. The summed E-state index contributed by atoms with van der Waals surface area (Å²) in [7, 11) is 0. The van der Waals surface area contributed by atoms with E-state index in [9.17, 15) is 18.4 Å². The summed E-state index contributed by atoms with van der Waals surface area (Å²) in [5.41, 5.74) is -0.0286. The van der Waals surface area contributed by atoms with Gasteiger partial charge in [0.2, 0.25) is 5.91 Å². The van der Waals surface area contributed by atoms with Crippen LogP contribution in [0.25, 0.3) is 0 Å². The number of anilines is 1. The smallest absolute Gasteiger partial charge is 0.253 e. The van der Waals surface area contributed by atoms with Crippen molar-refractivity contribution in [3.63, 3.8) is 0 Å². The van der Waals surface area contributed by atoms with Crippen LogP contribution in [0.3, 0.4) is 0 Å². The highest BCUT2D eigenvalue weighted by Crippen LogP contribution is 2.70. The molecular formula is C22H17Cl5F2N2O2. The summed E-state index contributed by atoms with van der Waals surface area (Å²) >= 11 is 31.3. The fourth-order valence-electron chi connectivity index (χ4n) is 4.19. The summed E-state index contributed by atoms with van der Waals surface area (Å²) in [4.78, 5) is 25.6. The zero-order valence-electron chi connectivity index (χ0n) is 17.0. The van der Waals surface area contributed by atoms with E-state index in [2.05, 4.69) is 10.6 Å². The number of carbonyl (C=O) groups excluding carboxylic acids is 2. The molecule has 0 aromatic heterocycles. The van der Waals surface area contributed by atoms with Crippen LogP contribution < -0.4 is 10.6 Å². The molecule has 0 bridgehead atoms. The minimum atomic E-state index is -2.77. The van der Waals surface area contributed by atoms with E-state index in [4.69, 9.17) is 58.0 Å². The molecule has 11 heteroatoms. The molecule has 2 aromatic rings. The molecule has 2 atom stereocenters. The Morgan fingerprint density at radius 3 is 2.18 bits per heavy atom. The monoisotopic (exact) mass is 554 g/mol. The first-order valence-electron chi connectivity index (χ1n) is 9.88. The molecule has 2 amide bonds. The van der Waals surface area contributed by atoms with Gasteiger partial charge in [0, 0.05) is 40.0 Å². The van der Waals surface area contributed by atoms with Gasteiger partial charge in [0.1, 0.15) is 4.33 Å². The topological polar surface area (TPSA) is 58.2 Å². The Bertz CT molecular complexity index is 1130. The summed E-state index contributed by atoms with van der Waals surface area (Å²) in [6.07, 6.45) is -0.845. The van der Waals surface area contributed by atoms with E-state index in [-0.39, 0.29) is 16.3 Å². The highest BCUT2D eigenvalue weighted by atomic mass is 35.5. The number of hydrogen-bond donors (Lipinski definition) is 2. The Balaban J connectivity index is 1.51. The van der Waals surface area contributed by atoms with Gasteiger partial charge in [-0.05, 0) is 42.0 Å². The van der Waals surface area contributed by atoms with Crippen LogP contribution in [0, 0.1) is 5.92 Å². The summed E-state index contributed by atoms with van der Waals surface area (Å²) in [6.45, 7) is 1.73. The minimum Gasteiger partial charge on any atom is -0.349 e. The highest BCUT2D eigenvalue weighted by Gasteiger charge is 2.77. The van der Waals surface area contributed by atoms with Crippen LogP contribution in [0.2, 0.25) is 15.1 Å². The van der Waals surface area contributed by atoms with Gasteiger partial charge in [-0.3, -0.25) is 9.59 Å². The quantitative estimate of drug-likeness (QED) is 0.395. The van der Waals surface area contributed by atoms with E-state index in [1.54, 1.807) is 25.1 Å². The molecule has 0 radical (unpaired) electrons. The molecule has 2 aromatic carbocycles. The van der Waals surface area contributed by atoms with E-state index >= 15 is 0 Å². The second-order valence-electron chi connectivity index (χ2n) is 8.53. The highest BCUT2D eigenvalue weighted by molar-refractivity contribution is 6.54. The Kier molecular flexibility index (Phi) is 6.33. The largest absolute Gasteiger partial charge is 0.349 e. The molecule has 2 aliphatic rings. The number of rotatable bonds is 5. The Morgan fingerprint density at radius 1 is 1.00 bits per heavy atom. The third-order valence-electron chi connectivity index (χ3n) is 6.18. The molecule has 2 aliphatic carbocycles. The van der Waals surface area contributed by atoms with Gasteiger partial charge in [-0.1, -0.05) is 64.9 Å². The van der Waals surface area contributed by atoms with Crippen molar-refractivity contribution in [1.82, 2.24) is 5.32 Å². The van der Waals surface area contributed by atoms with Gasteiger partial charge in [0.15, 0.2) is 0 Å². The number of benzene rings is 2. The van der Waals surface area contributed by atoms with Gasteiger partial charge in [-0.15, -0.1) is 0 Å². The number of alkyl halides is 4. The summed E-state index contributed by atoms with van der Waals surface area (Å²) in [6, 6.07) is 8.53. The number of hydrogen-bond acceptors (Lipinski definition) is 2. The molecule has 2 N–H and O–H groups in total. The number of nitrogens with one attached hydrogen (secondary N) is 2. The second-order valence-corrected chi connectivity index (χ2v) is 11.2. The van der Waals surface area contributed by atoms with Crippen molar-refractivity contribution in [3.8, 4) is 0 Å². The van der Waals surface area contributed by atoms with Crippen molar-refractivity contribution in [2.24, 2.45) is 5.92 Å². The Morgan fingerprint density at radius 2 is 1.61 bits per heavy atom. The van der Waals surface area contributed by atoms with Gasteiger partial charge in [0.05, 0.1) is 16.5 Å². The van der Waals surface area contributed by atoms with Crippen molar-refractivity contribution < 1.29 is 18.4 Å². The van der Waals surface area contributed by atoms with Crippen molar-refractivity contribution in [1.29, 1.82) is 0 Å². The predicted octanol–water partition coefficient (Wildman–Crippen LogP) is 6.87. The maximum atomic E-state index is 13.1. The molecular weight excluding hydrogens is 540 g/mol. The average Bonchev–Trinajstić information content (AvgIpc) is 3.14. The van der Waals surface area contributed by atoms with Crippen LogP contribution in [0.1, 0.15) is 35.7 Å². The lowest BCUT2D eigenvalue weighted by atomic mass is 9.88. The van der Waals surface area contributed by atoms with E-state index in [0.29, 0.717) is 15.6 Å². The van der Waals surface area contributed by atoms with Gasteiger partial charge in [-0.25, -0.2) is 8.78 Å². The van der Waals surface area contributed by atoms with Crippen molar-refractivity contribution in [3.05, 3.63) is 62.6 Å². The zero-order valence-corrected chi connectivity index (χ0v) is 20.8. The van der Waals surface area contributed by atoms with Crippen LogP contribution >= 0.6 is 58.0 Å². The average molecular weight is 557 g/mol. The molecule has 0 aliphatic heterocycles. The lowest BCUT2D eigenvalue weighted by Crippen LogP contribution is -2.50. The van der Waals surface area contributed by atoms with Crippen molar-refractivity contribution in [2.45, 2.75) is 41.5 Å². The molecule has 0 saturated heterocycles. The van der Waals surface area contributed by atoms with Crippen molar-refractivity contribution >= 4 is 75.5 Å². The molecule has 33 heavy (non-hydrogen) atoms. The SMILES string of the molecule is C[C@]1(c2cc(Cl)cc(Cl)c2)[C@@H](C(=O)Nc2ccc(Cl)c(C(=O)NC3CC(F)(F)C3)c2)C1(Cl)Cl. The third-order valence-corrected chi connectivity index (χ3v) is 8.16. The van der Waals surface area contributed by atoms with Crippen LogP contribution in [-0.2, 0) is 10.2 Å². The van der Waals surface area contributed by atoms with Crippen LogP contribution in [0.4, 0.5) is 14.5 Å². The lowest BCUT2D eigenvalue weighted by Gasteiger charge is -2.35. The Labute approximate surface area is 213 Å². The molecule has 0 unspecified atom stereocenters. The van der Waals surface area contributed by atoms with Gasteiger partial charge in [-0.2, -0.15) is 0 Å². The molecule has 176 valence electrons. The molecule has 0 heterocycles. The van der Waals surface area contributed by atoms with Crippen molar-refractivity contribution in [2.75, 3.05) is 5.32 Å². The van der Waals surface area contributed by atoms with Crippen LogP contribution in [0.15, 0.2) is 36.4 Å². The first kappa shape index (κ1) is 24.8. The molecule has 4 rings (SSSR count). The predicted molar refractivity (Wildman–Crippen MR) is 127 cm³/mol. The van der Waals surface area contributed by atoms with E-state index < -0.39 is 52.3 Å². The third kappa shape index (κ3) is 4.53. The fourth-order valence-corrected chi connectivity index (χ4v) is 5.88. The summed E-state index contributed by atoms with van der Waals surface area (Å²) < 4.78 is 24.7. The van der Waals surface area contributed by atoms with Crippen LogP contribution in [-0.4, -0.2) is 28.1 Å². The summed E-state index contributed by atoms with van der Waals surface area (Å²) in [5, 5.41) is 6.10. The van der Waals surface area contributed by atoms with Crippen LogP contribution in [0.5, 0.6) is 0 Å². The van der Waals surface area contributed by atoms with Gasteiger partial charge in [0.25, 0.3) is 11.8 Å². The second kappa shape index (κ2) is 8.42. The zero-order chi connectivity index (χ0) is 24.3.